The first-order chi connectivity index (χ1) is 12.2. The number of rotatable bonds is 6. The lowest BCUT2D eigenvalue weighted by atomic mass is 10.3. The molecule has 2 aromatic heterocycles. The molecular formula is C17H24BrN5O2. The maximum atomic E-state index is 5.53. The van der Waals surface area contributed by atoms with Crippen molar-refractivity contribution >= 4 is 21.9 Å². The lowest BCUT2D eigenvalue weighted by molar-refractivity contribution is 0.169. The van der Waals surface area contributed by atoms with Gasteiger partial charge in [-0.3, -0.25) is 9.89 Å². The van der Waals surface area contributed by atoms with Gasteiger partial charge in [0, 0.05) is 58.3 Å². The summed E-state index contributed by atoms with van der Waals surface area (Å²) in [6.45, 7) is 8.40. The molecule has 1 aliphatic heterocycles. The Labute approximate surface area is 156 Å². The Hall–Kier alpha value is -1.80. The van der Waals surface area contributed by atoms with E-state index in [0.717, 1.165) is 67.8 Å². The van der Waals surface area contributed by atoms with Gasteiger partial charge < -0.3 is 19.2 Å². The molecule has 7 nitrogen and oxygen atoms in total. The third-order valence-electron chi connectivity index (χ3n) is 4.13. The lowest BCUT2D eigenvalue weighted by Crippen LogP contribution is -2.52. The number of hydrogen-bond donors (Lipinski definition) is 1. The average Bonchev–Trinajstić information content (AvgIpc) is 3.27. The van der Waals surface area contributed by atoms with Gasteiger partial charge in [-0.2, -0.15) is 0 Å². The van der Waals surface area contributed by atoms with Crippen molar-refractivity contribution in [2.24, 2.45) is 4.99 Å². The monoisotopic (exact) mass is 409 g/mol. The molecular weight excluding hydrogens is 386 g/mol. The van der Waals surface area contributed by atoms with Crippen molar-refractivity contribution in [3.05, 3.63) is 40.6 Å². The van der Waals surface area contributed by atoms with E-state index in [4.69, 9.17) is 13.9 Å². The van der Waals surface area contributed by atoms with Crippen LogP contribution in [-0.4, -0.2) is 60.2 Å². The molecule has 0 radical (unpaired) electrons. The Kier molecular flexibility index (Phi) is 6.52. The molecule has 1 saturated heterocycles. The van der Waals surface area contributed by atoms with E-state index in [0.29, 0.717) is 6.54 Å². The maximum Gasteiger partial charge on any atom is 0.194 e. The number of nitrogens with one attached hydrogen (secondary N) is 1. The first-order valence-corrected chi connectivity index (χ1v) is 9.43. The molecule has 2 aromatic rings. The molecule has 1 aliphatic rings. The molecule has 0 bridgehead atoms. The minimum absolute atomic E-state index is 0.710. The number of aromatic nitrogens is 1. The molecule has 3 heterocycles. The summed E-state index contributed by atoms with van der Waals surface area (Å²) in [5.41, 5.74) is 0.985. The smallest absolute Gasteiger partial charge is 0.194 e. The van der Waals surface area contributed by atoms with E-state index in [1.807, 2.05) is 18.2 Å². The number of furan rings is 1. The predicted octanol–water partition coefficient (Wildman–Crippen LogP) is 2.36. The van der Waals surface area contributed by atoms with Gasteiger partial charge in [0.1, 0.15) is 12.0 Å². The normalized spacial score (nSPS) is 16.4. The van der Waals surface area contributed by atoms with Crippen LogP contribution in [0.3, 0.4) is 0 Å². The standard InChI is InChI=1S/C17H24BrN5O2/c1-2-19-17(20-7-5-15-3-4-16(18)25-15)23-10-8-22(9-11-23)13-14-6-12-24-21-14/h3-4,6,12H,2,5,7-11,13H2,1H3,(H,19,20). The number of aliphatic imine (C=N–C) groups is 1. The van der Waals surface area contributed by atoms with Crippen LogP contribution < -0.4 is 5.32 Å². The molecule has 0 aliphatic carbocycles. The van der Waals surface area contributed by atoms with Crippen LogP contribution in [0, 0.1) is 0 Å². The van der Waals surface area contributed by atoms with Crippen molar-refractivity contribution < 1.29 is 8.94 Å². The Bertz CT molecular complexity index is 662. The quantitative estimate of drug-likeness (QED) is 0.583. The van der Waals surface area contributed by atoms with Crippen LogP contribution in [-0.2, 0) is 13.0 Å². The summed E-state index contributed by atoms with van der Waals surface area (Å²) in [7, 11) is 0. The number of guanidine groups is 1. The average molecular weight is 410 g/mol. The predicted molar refractivity (Wildman–Crippen MR) is 99.4 cm³/mol. The van der Waals surface area contributed by atoms with Crippen LogP contribution in [0.4, 0.5) is 0 Å². The molecule has 0 spiro atoms. The molecule has 8 heteroatoms. The molecule has 0 atom stereocenters. The third-order valence-corrected chi connectivity index (χ3v) is 4.56. The minimum atomic E-state index is 0.710. The molecule has 25 heavy (non-hydrogen) atoms. The number of halogens is 1. The van der Waals surface area contributed by atoms with Crippen LogP contribution in [0.25, 0.3) is 0 Å². The fourth-order valence-electron chi connectivity index (χ4n) is 2.85. The summed E-state index contributed by atoms with van der Waals surface area (Å²) >= 11 is 3.33. The van der Waals surface area contributed by atoms with E-state index in [1.54, 1.807) is 6.26 Å². The van der Waals surface area contributed by atoms with Gasteiger partial charge in [0.2, 0.25) is 0 Å². The largest absolute Gasteiger partial charge is 0.454 e. The second-order valence-corrected chi connectivity index (χ2v) is 6.73. The maximum absolute atomic E-state index is 5.53. The van der Waals surface area contributed by atoms with Crippen LogP contribution >= 0.6 is 15.9 Å². The number of nitrogens with zero attached hydrogens (tertiary/aromatic N) is 4. The van der Waals surface area contributed by atoms with Gasteiger partial charge in [0.15, 0.2) is 10.6 Å². The topological polar surface area (TPSA) is 70.0 Å². The van der Waals surface area contributed by atoms with Gasteiger partial charge >= 0.3 is 0 Å². The van der Waals surface area contributed by atoms with Crippen molar-refractivity contribution in [1.82, 2.24) is 20.3 Å². The first-order valence-electron chi connectivity index (χ1n) is 8.63. The molecule has 136 valence electrons. The van der Waals surface area contributed by atoms with E-state index < -0.39 is 0 Å². The van der Waals surface area contributed by atoms with Crippen LogP contribution in [0.1, 0.15) is 18.4 Å². The highest BCUT2D eigenvalue weighted by atomic mass is 79.9. The van der Waals surface area contributed by atoms with Gasteiger partial charge in [-0.1, -0.05) is 5.16 Å². The molecule has 0 aromatic carbocycles. The van der Waals surface area contributed by atoms with Crippen molar-refractivity contribution in [1.29, 1.82) is 0 Å². The Balaban J connectivity index is 1.49. The van der Waals surface area contributed by atoms with Crippen LogP contribution in [0.15, 0.2) is 43.1 Å². The summed E-state index contributed by atoms with van der Waals surface area (Å²) in [5.74, 6) is 1.93. The highest BCUT2D eigenvalue weighted by molar-refractivity contribution is 9.10. The SMILES string of the molecule is CCNC(=NCCc1ccc(Br)o1)N1CCN(Cc2ccon2)CC1. The summed E-state index contributed by atoms with van der Waals surface area (Å²) < 4.78 is 11.2. The summed E-state index contributed by atoms with van der Waals surface area (Å²) in [5, 5.41) is 7.38. The zero-order valence-corrected chi connectivity index (χ0v) is 16.0. The van der Waals surface area contributed by atoms with E-state index in [2.05, 4.69) is 43.1 Å². The van der Waals surface area contributed by atoms with Crippen molar-refractivity contribution in [2.75, 3.05) is 39.3 Å². The van der Waals surface area contributed by atoms with E-state index in [9.17, 15) is 0 Å². The summed E-state index contributed by atoms with van der Waals surface area (Å²) in [4.78, 5) is 9.46. The Morgan fingerprint density at radius 3 is 2.76 bits per heavy atom. The number of piperazine rings is 1. The van der Waals surface area contributed by atoms with Gasteiger partial charge in [0.25, 0.3) is 0 Å². The molecule has 1 N–H and O–H groups in total. The minimum Gasteiger partial charge on any atom is -0.454 e. The molecule has 1 fully saturated rings. The van der Waals surface area contributed by atoms with Gasteiger partial charge in [0.05, 0.1) is 5.69 Å². The second-order valence-electron chi connectivity index (χ2n) is 5.95. The van der Waals surface area contributed by atoms with Crippen molar-refractivity contribution in [3.63, 3.8) is 0 Å². The van der Waals surface area contributed by atoms with E-state index in [-0.39, 0.29) is 0 Å². The first kappa shape index (κ1) is 18.0. The fourth-order valence-corrected chi connectivity index (χ4v) is 3.19. The van der Waals surface area contributed by atoms with Crippen LogP contribution in [0.2, 0.25) is 0 Å². The fraction of sp³-hybridized carbons (Fsp3) is 0.529. The van der Waals surface area contributed by atoms with Gasteiger partial charge in [-0.25, -0.2) is 0 Å². The third kappa shape index (κ3) is 5.34. The molecule has 0 saturated carbocycles. The Morgan fingerprint density at radius 2 is 2.12 bits per heavy atom. The van der Waals surface area contributed by atoms with E-state index >= 15 is 0 Å². The van der Waals surface area contributed by atoms with Gasteiger partial charge in [-0.15, -0.1) is 0 Å². The molecule has 0 unspecified atom stereocenters. The highest BCUT2D eigenvalue weighted by Crippen LogP contribution is 2.14. The number of hydrogen-bond acceptors (Lipinski definition) is 5. The summed E-state index contributed by atoms with van der Waals surface area (Å²) in [6, 6.07) is 5.82. The Morgan fingerprint density at radius 1 is 1.28 bits per heavy atom. The highest BCUT2D eigenvalue weighted by Gasteiger charge is 2.20. The van der Waals surface area contributed by atoms with Crippen molar-refractivity contribution in [3.8, 4) is 0 Å². The zero-order chi connectivity index (χ0) is 17.5. The second kappa shape index (κ2) is 9.05. The summed E-state index contributed by atoms with van der Waals surface area (Å²) in [6.07, 6.45) is 2.42. The molecule has 3 rings (SSSR count). The van der Waals surface area contributed by atoms with E-state index in [1.165, 1.54) is 0 Å². The van der Waals surface area contributed by atoms with Crippen molar-refractivity contribution in [2.45, 2.75) is 19.9 Å². The lowest BCUT2D eigenvalue weighted by Gasteiger charge is -2.36. The van der Waals surface area contributed by atoms with Gasteiger partial charge in [-0.05, 0) is 35.0 Å². The van der Waals surface area contributed by atoms with Crippen LogP contribution in [0.5, 0.6) is 0 Å². The molecule has 0 amide bonds. The zero-order valence-electron chi connectivity index (χ0n) is 14.4.